The Morgan fingerprint density at radius 2 is 2.11 bits per heavy atom. The van der Waals surface area contributed by atoms with Crippen LogP contribution in [0.2, 0.25) is 0 Å². The van der Waals surface area contributed by atoms with E-state index >= 15 is 0 Å². The normalized spacial score (nSPS) is 27.2. The molecule has 0 aliphatic heterocycles. The quantitative estimate of drug-likeness (QED) is 0.296. The summed E-state index contributed by atoms with van der Waals surface area (Å²) in [6.45, 7) is 0. The monoisotopic (exact) mass is 152 g/mol. The van der Waals surface area contributed by atoms with Gasteiger partial charge in [-0.1, -0.05) is 12.8 Å². The number of Topliss-reactive ketones (excluding diaryl/α,β-unsaturated/α-hetero) is 1. The summed E-state index contributed by atoms with van der Waals surface area (Å²) in [5.41, 5.74) is 0. The van der Waals surface area contributed by atoms with Crippen LogP contribution in [0.1, 0.15) is 25.7 Å². The number of hydrogen-bond donors (Lipinski definition) is 0. The van der Waals surface area contributed by atoms with Crippen LogP contribution in [0.25, 0.3) is 0 Å². The Bertz CT molecular complexity index is 105. The average molecular weight is 152 g/mol. The zero-order valence-electron chi connectivity index (χ0n) is 5.72. The molecule has 0 N–H and O–H groups in total. The third-order valence-electron chi connectivity index (χ3n) is 1.50. The second-order valence-electron chi connectivity index (χ2n) is 2.20. The maximum Gasteiger partial charge on any atom is 1.00 e. The first-order chi connectivity index (χ1) is 3.80. The van der Waals surface area contributed by atoms with E-state index in [-0.39, 0.29) is 40.6 Å². The van der Waals surface area contributed by atoms with Crippen molar-refractivity contribution < 1.29 is 34.4 Å². The molecule has 0 radical (unpaired) electrons. The smallest absolute Gasteiger partial charge is 0.782 e. The fraction of sp³-hybridized carbons (Fsp3) is 0.833. The van der Waals surface area contributed by atoms with E-state index in [0.717, 1.165) is 25.7 Å². The Hall–Kier alpha value is 1.02. The molecular formula is C6H9NaOS. The van der Waals surface area contributed by atoms with Crippen LogP contribution in [0, 0.1) is 0 Å². The van der Waals surface area contributed by atoms with Crippen LogP contribution < -0.4 is 29.6 Å². The predicted molar refractivity (Wildman–Crippen MR) is 34.6 cm³/mol. The average Bonchev–Trinajstić information content (AvgIpc) is 1.77. The summed E-state index contributed by atoms with van der Waals surface area (Å²) in [6, 6.07) is 0. The predicted octanol–water partition coefficient (Wildman–Crippen LogP) is -1.95. The Balaban J connectivity index is 0.000000640. The molecule has 0 amide bonds. The van der Waals surface area contributed by atoms with Gasteiger partial charge in [0.2, 0.25) is 0 Å². The molecule has 46 valence electrons. The van der Waals surface area contributed by atoms with Crippen LogP contribution in [0.4, 0.5) is 0 Å². The summed E-state index contributed by atoms with van der Waals surface area (Å²) in [4.78, 5) is 10.7. The minimum absolute atomic E-state index is 0. The molecule has 0 heterocycles. The molecule has 0 saturated heterocycles. The molecular weight excluding hydrogens is 143 g/mol. The molecule has 9 heavy (non-hydrogen) atoms. The molecule has 1 saturated carbocycles. The van der Waals surface area contributed by atoms with Crippen LogP contribution in [0.5, 0.6) is 0 Å². The third-order valence-corrected chi connectivity index (χ3v) is 2.00. The van der Waals surface area contributed by atoms with Crippen LogP contribution in [0.3, 0.4) is 0 Å². The van der Waals surface area contributed by atoms with Gasteiger partial charge in [0.05, 0.1) is 0 Å². The van der Waals surface area contributed by atoms with Crippen molar-refractivity contribution >= 4 is 18.4 Å². The standard InChI is InChI=1S/C6H10OS.Na/c7-5-3-1-2-4-6(5)8;/h6,8H,1-4H2;/q;+1/p-1. The van der Waals surface area contributed by atoms with Gasteiger partial charge < -0.3 is 17.4 Å². The zero-order valence-corrected chi connectivity index (χ0v) is 8.54. The summed E-state index contributed by atoms with van der Waals surface area (Å²) in [6.07, 6.45) is 3.88. The third kappa shape index (κ3) is 3.08. The van der Waals surface area contributed by atoms with Crippen molar-refractivity contribution in [2.75, 3.05) is 0 Å². The fourth-order valence-electron chi connectivity index (χ4n) is 0.951. The van der Waals surface area contributed by atoms with Gasteiger partial charge in [0, 0.05) is 6.42 Å². The number of hydrogen-bond acceptors (Lipinski definition) is 2. The van der Waals surface area contributed by atoms with E-state index in [1.807, 2.05) is 0 Å². The van der Waals surface area contributed by atoms with E-state index in [9.17, 15) is 4.79 Å². The zero-order chi connectivity index (χ0) is 5.98. The van der Waals surface area contributed by atoms with Crippen LogP contribution in [-0.2, 0) is 17.4 Å². The van der Waals surface area contributed by atoms with Crippen molar-refractivity contribution in [3.8, 4) is 0 Å². The van der Waals surface area contributed by atoms with E-state index in [1.54, 1.807) is 0 Å². The van der Waals surface area contributed by atoms with Gasteiger partial charge in [-0.25, -0.2) is 0 Å². The summed E-state index contributed by atoms with van der Waals surface area (Å²) < 4.78 is 0. The van der Waals surface area contributed by atoms with Crippen LogP contribution in [-0.4, -0.2) is 11.0 Å². The SMILES string of the molecule is O=C1CCCCC1[S-].[Na+]. The van der Waals surface area contributed by atoms with Gasteiger partial charge >= 0.3 is 29.6 Å². The fourth-order valence-corrected chi connectivity index (χ4v) is 1.24. The van der Waals surface area contributed by atoms with E-state index in [2.05, 4.69) is 0 Å². The number of carbonyl (C=O) groups is 1. The molecule has 1 aliphatic carbocycles. The largest absolute Gasteiger partial charge is 1.00 e. The van der Waals surface area contributed by atoms with Gasteiger partial charge in [-0.05, 0) is 6.42 Å². The van der Waals surface area contributed by atoms with Gasteiger partial charge in [-0.2, -0.15) is 0 Å². The minimum Gasteiger partial charge on any atom is -0.782 e. The van der Waals surface area contributed by atoms with Gasteiger partial charge in [-0.3, -0.25) is 0 Å². The van der Waals surface area contributed by atoms with Crippen molar-refractivity contribution in [3.63, 3.8) is 0 Å². The first kappa shape index (κ1) is 10.0. The molecule has 1 fully saturated rings. The molecule has 3 heteroatoms. The van der Waals surface area contributed by atoms with Gasteiger partial charge in [-0.15, -0.1) is 5.25 Å². The second-order valence-corrected chi connectivity index (χ2v) is 2.77. The van der Waals surface area contributed by atoms with E-state index in [0.29, 0.717) is 0 Å². The van der Waals surface area contributed by atoms with Gasteiger partial charge in [0.15, 0.2) is 0 Å². The Labute approximate surface area is 83.3 Å². The molecule has 0 aromatic heterocycles. The first-order valence-corrected chi connectivity index (χ1v) is 3.46. The Morgan fingerprint density at radius 1 is 1.44 bits per heavy atom. The van der Waals surface area contributed by atoms with Crippen molar-refractivity contribution in [1.29, 1.82) is 0 Å². The van der Waals surface area contributed by atoms with Gasteiger partial charge in [0.25, 0.3) is 0 Å². The first-order valence-electron chi connectivity index (χ1n) is 2.99. The molecule has 0 spiro atoms. The number of ketones is 1. The summed E-state index contributed by atoms with van der Waals surface area (Å²) >= 11 is 4.86. The number of carbonyl (C=O) groups excluding carboxylic acids is 1. The molecule has 0 aromatic rings. The molecule has 1 nitrogen and oxygen atoms in total. The topological polar surface area (TPSA) is 17.1 Å². The molecule has 1 aliphatic rings. The Kier molecular flexibility index (Phi) is 5.32. The second kappa shape index (κ2) is 4.78. The van der Waals surface area contributed by atoms with Crippen molar-refractivity contribution in [1.82, 2.24) is 0 Å². The maximum absolute atomic E-state index is 10.7. The van der Waals surface area contributed by atoms with Gasteiger partial charge in [0.1, 0.15) is 5.78 Å². The molecule has 0 bridgehead atoms. The molecule has 1 atom stereocenters. The van der Waals surface area contributed by atoms with Crippen LogP contribution in [0.15, 0.2) is 0 Å². The van der Waals surface area contributed by atoms with Crippen molar-refractivity contribution in [2.45, 2.75) is 30.9 Å². The van der Waals surface area contributed by atoms with Crippen molar-refractivity contribution in [3.05, 3.63) is 0 Å². The molecule has 0 aromatic carbocycles. The number of rotatable bonds is 0. The van der Waals surface area contributed by atoms with Crippen molar-refractivity contribution in [2.24, 2.45) is 0 Å². The summed E-state index contributed by atoms with van der Waals surface area (Å²) in [5.74, 6) is 0.284. The maximum atomic E-state index is 10.7. The molecule has 1 unspecified atom stereocenters. The van der Waals surface area contributed by atoms with E-state index < -0.39 is 0 Å². The van der Waals surface area contributed by atoms with E-state index in [4.69, 9.17) is 12.6 Å². The summed E-state index contributed by atoms with van der Waals surface area (Å²) in [5, 5.41) is -0.0521. The summed E-state index contributed by atoms with van der Waals surface area (Å²) in [7, 11) is 0. The van der Waals surface area contributed by atoms with E-state index in [1.165, 1.54) is 0 Å². The molecule has 1 rings (SSSR count). The Morgan fingerprint density at radius 3 is 2.44 bits per heavy atom. The van der Waals surface area contributed by atoms with Crippen LogP contribution >= 0.6 is 0 Å². The minimum atomic E-state index is -0.0521.